The van der Waals surface area contributed by atoms with Gasteiger partial charge < -0.3 is 10.1 Å². The molecule has 0 bridgehead atoms. The van der Waals surface area contributed by atoms with E-state index in [4.69, 9.17) is 11.6 Å². The van der Waals surface area contributed by atoms with Crippen LogP contribution in [0.25, 0.3) is 0 Å². The van der Waals surface area contributed by atoms with Crippen LogP contribution in [-0.4, -0.2) is 12.3 Å². The summed E-state index contributed by atoms with van der Waals surface area (Å²) in [5.41, 5.74) is 6.97. The van der Waals surface area contributed by atoms with Crippen molar-refractivity contribution < 1.29 is 4.79 Å². The third-order valence-electron chi connectivity index (χ3n) is 4.97. The predicted molar refractivity (Wildman–Crippen MR) is 112 cm³/mol. The molecule has 0 aromatic heterocycles. The Bertz CT molecular complexity index is 812. The Morgan fingerprint density at radius 2 is 1.77 bits per heavy atom. The number of aryl methyl sites for hydroxylation is 3. The van der Waals surface area contributed by atoms with Gasteiger partial charge in [-0.2, -0.15) is 0 Å². The van der Waals surface area contributed by atoms with E-state index in [1.54, 1.807) is 0 Å². The lowest BCUT2D eigenvalue weighted by Crippen LogP contribution is -2.39. The summed E-state index contributed by atoms with van der Waals surface area (Å²) >= 11 is 6.24. The molecule has 1 heterocycles. The first-order valence-electron chi connectivity index (χ1n) is 9.18. The van der Waals surface area contributed by atoms with Crippen LogP contribution < -0.4 is 5.32 Å². The molecule has 3 unspecified atom stereocenters. The van der Waals surface area contributed by atoms with Gasteiger partial charge in [0.15, 0.2) is 0 Å². The van der Waals surface area contributed by atoms with E-state index in [0.717, 1.165) is 17.5 Å². The molecule has 0 amide bonds. The van der Waals surface area contributed by atoms with E-state index in [2.05, 4.69) is 50.9 Å². The Morgan fingerprint density at radius 1 is 1.08 bits per heavy atom. The molecule has 0 radical (unpaired) electrons. The van der Waals surface area contributed by atoms with Crippen LogP contribution in [0.4, 0.5) is 5.69 Å². The minimum Gasteiger partial charge on any atom is -0.375 e. The highest BCUT2D eigenvalue weighted by Gasteiger charge is 2.37. The first kappa shape index (κ1) is 20.3. The topological polar surface area (TPSA) is 29.1 Å². The van der Waals surface area contributed by atoms with Crippen molar-refractivity contribution in [3.63, 3.8) is 0 Å². The maximum Gasteiger partial charge on any atom is 0.142 e. The van der Waals surface area contributed by atoms with Crippen molar-refractivity contribution >= 4 is 23.6 Å². The zero-order valence-corrected chi connectivity index (χ0v) is 17.0. The summed E-state index contributed by atoms with van der Waals surface area (Å²) in [7, 11) is 0. The highest BCUT2D eigenvalue weighted by molar-refractivity contribution is 6.31. The number of hydrogen-bond acceptors (Lipinski definition) is 2. The van der Waals surface area contributed by atoms with Gasteiger partial charge >= 0.3 is 0 Å². The Hall–Kier alpha value is -2.06. The molecule has 0 spiro atoms. The van der Waals surface area contributed by atoms with Gasteiger partial charge in [-0.25, -0.2) is 0 Å². The molecular formula is C23H28ClNO. The molecule has 1 aliphatic heterocycles. The van der Waals surface area contributed by atoms with Crippen molar-refractivity contribution in [2.45, 2.75) is 46.6 Å². The number of halogens is 1. The molecule has 3 rings (SSSR count). The Morgan fingerprint density at radius 3 is 2.38 bits per heavy atom. The smallest absolute Gasteiger partial charge is 0.142 e. The van der Waals surface area contributed by atoms with Crippen molar-refractivity contribution in [1.29, 1.82) is 0 Å². The standard InChI is InChI=1S/C21H22ClNO.C2H6/c1-5-16-19(11-24)23-18-10-15(22)9-14(4)20(18)21(16)17-8-12(2)6-7-13(17)3;1-2/h5-11,16,19,21,23H,1H2,2-4H3;1-2H3. The Balaban J connectivity index is 0.00000117. The summed E-state index contributed by atoms with van der Waals surface area (Å²) in [5.74, 6) is 0.0847. The average molecular weight is 370 g/mol. The summed E-state index contributed by atoms with van der Waals surface area (Å²) in [6.07, 6.45) is 2.87. The molecule has 1 N–H and O–H groups in total. The predicted octanol–water partition coefficient (Wildman–Crippen LogP) is 6.22. The van der Waals surface area contributed by atoms with Crippen molar-refractivity contribution in [3.05, 3.63) is 75.8 Å². The minimum atomic E-state index is -0.308. The van der Waals surface area contributed by atoms with Gasteiger partial charge in [-0.05, 0) is 55.2 Å². The highest BCUT2D eigenvalue weighted by Crippen LogP contribution is 2.46. The van der Waals surface area contributed by atoms with Crippen LogP contribution in [0.2, 0.25) is 5.02 Å². The van der Waals surface area contributed by atoms with Crippen LogP contribution in [0.1, 0.15) is 47.6 Å². The van der Waals surface area contributed by atoms with Gasteiger partial charge in [-0.1, -0.05) is 55.3 Å². The fourth-order valence-corrected chi connectivity index (χ4v) is 4.10. The van der Waals surface area contributed by atoms with Crippen LogP contribution >= 0.6 is 11.6 Å². The summed E-state index contributed by atoms with van der Waals surface area (Å²) < 4.78 is 0. The fourth-order valence-electron chi connectivity index (χ4n) is 3.83. The lowest BCUT2D eigenvalue weighted by atomic mass is 9.71. The number of benzene rings is 2. The average Bonchev–Trinajstić information content (AvgIpc) is 2.63. The van der Waals surface area contributed by atoms with Crippen LogP contribution in [0.15, 0.2) is 43.0 Å². The summed E-state index contributed by atoms with van der Waals surface area (Å²) in [5, 5.41) is 4.02. The zero-order valence-electron chi connectivity index (χ0n) is 16.3. The van der Waals surface area contributed by atoms with Crippen LogP contribution in [-0.2, 0) is 4.79 Å². The molecule has 2 nitrogen and oxygen atoms in total. The van der Waals surface area contributed by atoms with Gasteiger partial charge in [0.25, 0.3) is 0 Å². The number of nitrogens with one attached hydrogen (secondary N) is 1. The second kappa shape index (κ2) is 8.55. The van der Waals surface area contributed by atoms with Crippen LogP contribution in [0.3, 0.4) is 0 Å². The maximum absolute atomic E-state index is 11.7. The molecule has 0 saturated heterocycles. The number of aldehydes is 1. The molecule has 26 heavy (non-hydrogen) atoms. The van der Waals surface area contributed by atoms with Crippen molar-refractivity contribution in [2.75, 3.05) is 5.32 Å². The number of fused-ring (bicyclic) bond motifs is 1. The van der Waals surface area contributed by atoms with E-state index in [-0.39, 0.29) is 17.9 Å². The molecule has 138 valence electrons. The lowest BCUT2D eigenvalue weighted by molar-refractivity contribution is -0.109. The summed E-state index contributed by atoms with van der Waals surface area (Å²) in [6.45, 7) is 14.3. The first-order chi connectivity index (χ1) is 12.5. The zero-order chi connectivity index (χ0) is 19.4. The second-order valence-electron chi connectivity index (χ2n) is 6.64. The normalized spacial score (nSPS) is 20.9. The number of carbonyl (C=O) groups is 1. The van der Waals surface area contributed by atoms with E-state index in [9.17, 15) is 4.79 Å². The minimum absolute atomic E-state index is 0.00428. The number of anilines is 1. The molecule has 2 aromatic rings. The first-order valence-corrected chi connectivity index (χ1v) is 9.55. The SMILES string of the molecule is C=CC1C(C=O)Nc2cc(Cl)cc(C)c2C1c1cc(C)ccc1C.CC. The fraction of sp³-hybridized carbons (Fsp3) is 0.348. The van der Waals surface area contributed by atoms with Gasteiger partial charge in [0.1, 0.15) is 6.29 Å². The molecule has 0 saturated carbocycles. The van der Waals surface area contributed by atoms with Gasteiger partial charge in [0.2, 0.25) is 0 Å². The second-order valence-corrected chi connectivity index (χ2v) is 7.08. The molecule has 1 aliphatic rings. The number of rotatable bonds is 3. The molecule has 0 fully saturated rings. The molecule has 3 atom stereocenters. The Labute approximate surface area is 162 Å². The van der Waals surface area contributed by atoms with E-state index in [1.165, 1.54) is 22.3 Å². The van der Waals surface area contributed by atoms with Crippen LogP contribution in [0, 0.1) is 26.7 Å². The van der Waals surface area contributed by atoms with Crippen molar-refractivity contribution in [1.82, 2.24) is 0 Å². The summed E-state index contributed by atoms with van der Waals surface area (Å²) in [4.78, 5) is 11.7. The van der Waals surface area contributed by atoms with Gasteiger partial charge in [0.05, 0.1) is 6.04 Å². The third kappa shape index (κ3) is 3.71. The number of carbonyl (C=O) groups excluding carboxylic acids is 1. The van der Waals surface area contributed by atoms with Crippen LogP contribution in [0.5, 0.6) is 0 Å². The van der Waals surface area contributed by atoms with E-state index >= 15 is 0 Å². The third-order valence-corrected chi connectivity index (χ3v) is 5.19. The van der Waals surface area contributed by atoms with E-state index in [1.807, 2.05) is 32.1 Å². The molecule has 3 heteroatoms. The van der Waals surface area contributed by atoms with Crippen molar-refractivity contribution in [2.24, 2.45) is 5.92 Å². The number of hydrogen-bond donors (Lipinski definition) is 1. The van der Waals surface area contributed by atoms with E-state index in [0.29, 0.717) is 5.02 Å². The van der Waals surface area contributed by atoms with Gasteiger partial charge in [-0.15, -0.1) is 6.58 Å². The van der Waals surface area contributed by atoms with Gasteiger partial charge in [-0.3, -0.25) is 0 Å². The maximum atomic E-state index is 11.7. The largest absolute Gasteiger partial charge is 0.375 e. The van der Waals surface area contributed by atoms with Gasteiger partial charge in [0, 0.05) is 22.5 Å². The Kier molecular flexibility index (Phi) is 6.66. The quantitative estimate of drug-likeness (QED) is 0.514. The molecule has 0 aliphatic carbocycles. The lowest BCUT2D eigenvalue weighted by Gasteiger charge is -2.39. The highest BCUT2D eigenvalue weighted by atomic mass is 35.5. The van der Waals surface area contributed by atoms with Crippen molar-refractivity contribution in [3.8, 4) is 0 Å². The summed E-state index contributed by atoms with van der Waals surface area (Å²) in [6, 6.07) is 10.1. The van der Waals surface area contributed by atoms with E-state index < -0.39 is 0 Å². The molecule has 2 aromatic carbocycles. The monoisotopic (exact) mass is 369 g/mol. The molecular weight excluding hydrogens is 342 g/mol.